The van der Waals surface area contributed by atoms with Crippen LogP contribution in [0.5, 0.6) is 0 Å². The second-order valence-corrected chi connectivity index (χ2v) is 9.75. The van der Waals surface area contributed by atoms with E-state index in [1.165, 1.54) is 0 Å². The number of aromatic nitrogens is 7. The molecule has 182 valence electrons. The van der Waals surface area contributed by atoms with Gasteiger partial charge in [0.25, 0.3) is 5.89 Å². The van der Waals surface area contributed by atoms with Gasteiger partial charge >= 0.3 is 0 Å². The molecule has 1 saturated heterocycles. The van der Waals surface area contributed by atoms with Crippen molar-refractivity contribution in [1.82, 2.24) is 39.8 Å². The molecule has 3 aromatic rings. The number of likely N-dealkylation sites (tertiary alicyclic amines) is 1. The number of aliphatic hydroxyl groups excluding tert-OH is 1. The first kappa shape index (κ1) is 23.7. The fourth-order valence-corrected chi connectivity index (χ4v) is 3.83. The third kappa shape index (κ3) is 4.63. The van der Waals surface area contributed by atoms with Gasteiger partial charge in [0, 0.05) is 31.5 Å². The maximum absolute atomic E-state index is 12.3. The molecule has 4 rings (SSSR count). The van der Waals surface area contributed by atoms with Crippen LogP contribution in [-0.4, -0.2) is 70.5 Å². The average Bonchev–Trinajstić information content (AvgIpc) is 3.46. The summed E-state index contributed by atoms with van der Waals surface area (Å²) >= 11 is 0. The lowest BCUT2D eigenvalue weighted by atomic mass is 9.95. The molecule has 34 heavy (non-hydrogen) atoms. The summed E-state index contributed by atoms with van der Waals surface area (Å²) in [6.07, 6.45) is 3.05. The molecule has 1 amide bonds. The Balaban J connectivity index is 1.55. The van der Waals surface area contributed by atoms with Gasteiger partial charge in [-0.2, -0.15) is 5.10 Å². The monoisotopic (exact) mass is 469 g/mol. The van der Waals surface area contributed by atoms with E-state index in [1.54, 1.807) is 29.7 Å². The second kappa shape index (κ2) is 9.09. The number of rotatable bonds is 5. The molecule has 0 bridgehead atoms. The highest BCUT2D eigenvalue weighted by atomic mass is 16.4. The summed E-state index contributed by atoms with van der Waals surface area (Å²) < 4.78 is 7.46. The minimum absolute atomic E-state index is 0.0176. The fourth-order valence-electron chi connectivity index (χ4n) is 3.83. The van der Waals surface area contributed by atoms with Crippen LogP contribution in [0.25, 0.3) is 23.1 Å². The van der Waals surface area contributed by atoms with Gasteiger partial charge in [-0.25, -0.2) is 19.6 Å². The molecule has 3 N–H and O–H groups in total. The van der Waals surface area contributed by atoms with Crippen LogP contribution < -0.4 is 5.73 Å². The molecule has 0 aromatic carbocycles. The van der Waals surface area contributed by atoms with Gasteiger partial charge in [0.2, 0.25) is 11.8 Å². The first-order chi connectivity index (χ1) is 16.1. The predicted molar refractivity (Wildman–Crippen MR) is 123 cm³/mol. The maximum Gasteiger partial charge on any atom is 0.270 e. The largest absolute Gasteiger partial charge is 0.419 e. The zero-order chi connectivity index (χ0) is 24.6. The number of aliphatic hydroxyl groups is 1. The van der Waals surface area contributed by atoms with Crippen molar-refractivity contribution in [3.05, 3.63) is 17.9 Å². The summed E-state index contributed by atoms with van der Waals surface area (Å²) in [4.78, 5) is 27.7. The molecule has 0 spiro atoms. The van der Waals surface area contributed by atoms with Crippen LogP contribution in [0.2, 0.25) is 0 Å². The summed E-state index contributed by atoms with van der Waals surface area (Å²) in [6.45, 7) is 8.75. The summed E-state index contributed by atoms with van der Waals surface area (Å²) in [5.74, 6) is 1.84. The molecule has 0 radical (unpaired) electrons. The van der Waals surface area contributed by atoms with E-state index in [4.69, 9.17) is 15.1 Å². The summed E-state index contributed by atoms with van der Waals surface area (Å²) in [6, 6.07) is 0. The number of nitrogens with two attached hydrogens (primary N) is 1. The van der Waals surface area contributed by atoms with Gasteiger partial charge in [-0.15, -0.1) is 10.2 Å². The van der Waals surface area contributed by atoms with E-state index in [0.717, 1.165) is 12.8 Å². The molecule has 12 heteroatoms. The van der Waals surface area contributed by atoms with E-state index in [9.17, 15) is 9.90 Å². The van der Waals surface area contributed by atoms with E-state index in [0.29, 0.717) is 42.0 Å². The van der Waals surface area contributed by atoms with Gasteiger partial charge in [-0.3, -0.25) is 4.79 Å². The standard InChI is InChI=1S/C22H31N9O3/c1-12(11-32)20(33)31-8-6-13(7-9-31)17-26-18(30(5)29-17)14-10-24-16(23)15(25-14)19-27-28-21(34-19)22(2,3)4/h10,12-13,32H,6-9,11H2,1-5H3,(H2,23,24). The van der Waals surface area contributed by atoms with Crippen LogP contribution in [0, 0.1) is 5.92 Å². The number of hydrogen-bond donors (Lipinski definition) is 2. The topological polar surface area (TPSA) is 162 Å². The first-order valence-electron chi connectivity index (χ1n) is 11.4. The van der Waals surface area contributed by atoms with Crippen molar-refractivity contribution in [3.63, 3.8) is 0 Å². The van der Waals surface area contributed by atoms with Gasteiger partial charge < -0.3 is 20.2 Å². The van der Waals surface area contributed by atoms with Crippen LogP contribution in [0.15, 0.2) is 10.6 Å². The highest BCUT2D eigenvalue weighted by molar-refractivity contribution is 5.78. The van der Waals surface area contributed by atoms with E-state index in [2.05, 4.69) is 25.3 Å². The SMILES string of the molecule is CC(CO)C(=O)N1CCC(c2nc(-c3cnc(N)c(-c4nnc(C(C)(C)C)o4)n3)n(C)n2)CC1. The molecule has 3 aromatic heterocycles. The van der Waals surface area contributed by atoms with Crippen LogP contribution in [0.4, 0.5) is 5.82 Å². The Hall–Kier alpha value is -3.41. The van der Waals surface area contributed by atoms with E-state index >= 15 is 0 Å². The Morgan fingerprint density at radius 1 is 1.26 bits per heavy atom. The number of piperidine rings is 1. The second-order valence-electron chi connectivity index (χ2n) is 9.75. The number of carbonyl (C=O) groups excluding carboxylic acids is 1. The lowest BCUT2D eigenvalue weighted by Crippen LogP contribution is -2.41. The summed E-state index contributed by atoms with van der Waals surface area (Å²) in [7, 11) is 1.80. The Bertz CT molecular complexity index is 1170. The normalized spacial score (nSPS) is 16.1. The Kier molecular flexibility index (Phi) is 6.34. The summed E-state index contributed by atoms with van der Waals surface area (Å²) in [5, 5.41) is 22.1. The maximum atomic E-state index is 12.3. The molecule has 1 fully saturated rings. The van der Waals surface area contributed by atoms with Gasteiger partial charge in [0.15, 0.2) is 23.2 Å². The fraction of sp³-hybridized carbons (Fsp3) is 0.591. The summed E-state index contributed by atoms with van der Waals surface area (Å²) in [5.41, 5.74) is 6.54. The van der Waals surface area contributed by atoms with E-state index in [-0.39, 0.29) is 41.5 Å². The van der Waals surface area contributed by atoms with Crippen molar-refractivity contribution in [2.24, 2.45) is 13.0 Å². The molecule has 0 saturated carbocycles. The number of amides is 1. The molecular weight excluding hydrogens is 438 g/mol. The minimum Gasteiger partial charge on any atom is -0.419 e. The van der Waals surface area contributed by atoms with Crippen LogP contribution in [0.1, 0.15) is 58.2 Å². The van der Waals surface area contributed by atoms with Crippen molar-refractivity contribution < 1.29 is 14.3 Å². The van der Waals surface area contributed by atoms with Crippen LogP contribution in [-0.2, 0) is 17.3 Å². The predicted octanol–water partition coefficient (Wildman–Crippen LogP) is 1.54. The lowest BCUT2D eigenvalue weighted by Gasteiger charge is -2.32. The molecule has 1 unspecified atom stereocenters. The molecule has 1 aliphatic rings. The number of hydrogen-bond acceptors (Lipinski definition) is 10. The average molecular weight is 470 g/mol. The Labute approximate surface area is 197 Å². The Morgan fingerprint density at radius 3 is 2.59 bits per heavy atom. The molecular formula is C22H31N9O3. The molecule has 0 aliphatic carbocycles. The highest BCUT2D eigenvalue weighted by Crippen LogP contribution is 2.30. The van der Waals surface area contributed by atoms with Gasteiger partial charge in [-0.1, -0.05) is 27.7 Å². The van der Waals surface area contributed by atoms with Crippen molar-refractivity contribution in [1.29, 1.82) is 0 Å². The Morgan fingerprint density at radius 2 is 1.97 bits per heavy atom. The van der Waals surface area contributed by atoms with E-state index in [1.807, 2.05) is 20.8 Å². The third-order valence-corrected chi connectivity index (χ3v) is 5.95. The lowest BCUT2D eigenvalue weighted by molar-refractivity contribution is -0.137. The number of nitrogen functional groups attached to an aromatic ring is 1. The smallest absolute Gasteiger partial charge is 0.270 e. The zero-order valence-corrected chi connectivity index (χ0v) is 20.2. The minimum atomic E-state index is -0.382. The van der Waals surface area contributed by atoms with Gasteiger partial charge in [0.05, 0.1) is 18.7 Å². The zero-order valence-electron chi connectivity index (χ0n) is 20.2. The van der Waals surface area contributed by atoms with Crippen LogP contribution >= 0.6 is 0 Å². The number of nitrogens with zero attached hydrogens (tertiary/aromatic N) is 8. The van der Waals surface area contributed by atoms with Crippen molar-refractivity contribution in [2.75, 3.05) is 25.4 Å². The first-order valence-corrected chi connectivity index (χ1v) is 11.4. The van der Waals surface area contributed by atoms with Crippen molar-refractivity contribution in [2.45, 2.75) is 51.9 Å². The molecule has 1 aliphatic heterocycles. The van der Waals surface area contributed by atoms with Crippen molar-refractivity contribution in [3.8, 4) is 23.1 Å². The number of aryl methyl sites for hydroxylation is 1. The molecule has 1 atom stereocenters. The highest BCUT2D eigenvalue weighted by Gasteiger charge is 2.29. The third-order valence-electron chi connectivity index (χ3n) is 5.95. The number of anilines is 1. The molecule has 12 nitrogen and oxygen atoms in total. The van der Waals surface area contributed by atoms with Gasteiger partial charge in [0.1, 0.15) is 5.69 Å². The van der Waals surface area contributed by atoms with Crippen molar-refractivity contribution >= 4 is 11.7 Å². The van der Waals surface area contributed by atoms with Crippen LogP contribution in [0.3, 0.4) is 0 Å². The number of carbonyl (C=O) groups is 1. The quantitative estimate of drug-likeness (QED) is 0.560. The van der Waals surface area contributed by atoms with Gasteiger partial charge in [-0.05, 0) is 12.8 Å². The molecule has 4 heterocycles. The van der Waals surface area contributed by atoms with E-state index < -0.39 is 0 Å².